The van der Waals surface area contributed by atoms with E-state index < -0.39 is 5.69 Å². The maximum Gasteiger partial charge on any atom is 0.369 e. The number of fused-ring (bicyclic) bond motifs is 1. The first-order valence-corrected chi connectivity index (χ1v) is 10.2. The average molecular weight is 415 g/mol. The zero-order valence-corrected chi connectivity index (χ0v) is 16.9. The number of carbonyl (C=O) groups is 1. The van der Waals surface area contributed by atoms with E-state index in [1.165, 1.54) is 16.0 Å². The van der Waals surface area contributed by atoms with Crippen LogP contribution in [0.3, 0.4) is 0 Å². The fourth-order valence-electron chi connectivity index (χ4n) is 3.20. The fourth-order valence-corrected chi connectivity index (χ4v) is 3.87. The molecular weight excluding hydrogens is 394 g/mol. The standard InChI is InChI=1S/C19H21N5O4S/c1-3-27-15-8-13-7-12(2)28-16(13)9-14(15)10-20-17(25)11-23-19(26)24(22-21-23)18-5-4-6-29-18/h4-6,8-9,12H,3,7,10-11H2,1-2H3,(H,20,25)/t12-/m0/s1. The van der Waals surface area contributed by atoms with Gasteiger partial charge in [-0.1, -0.05) is 0 Å². The number of nitrogens with one attached hydrogen (secondary N) is 1. The first kappa shape index (κ1) is 19.2. The Morgan fingerprint density at radius 1 is 1.41 bits per heavy atom. The van der Waals surface area contributed by atoms with Gasteiger partial charge < -0.3 is 14.8 Å². The van der Waals surface area contributed by atoms with Crippen molar-refractivity contribution in [2.45, 2.75) is 39.5 Å². The first-order valence-electron chi connectivity index (χ1n) is 9.33. The molecule has 0 bridgehead atoms. The number of carbonyl (C=O) groups excluding carboxylic acids is 1. The van der Waals surface area contributed by atoms with Crippen LogP contribution in [0.15, 0.2) is 34.4 Å². The lowest BCUT2D eigenvalue weighted by Gasteiger charge is -2.13. The summed E-state index contributed by atoms with van der Waals surface area (Å²) in [4.78, 5) is 24.7. The van der Waals surface area contributed by atoms with Crippen molar-refractivity contribution in [2.24, 2.45) is 0 Å². The summed E-state index contributed by atoms with van der Waals surface area (Å²) in [6.45, 7) is 4.50. The zero-order valence-electron chi connectivity index (χ0n) is 16.1. The Hall–Kier alpha value is -3.14. The van der Waals surface area contributed by atoms with E-state index in [0.717, 1.165) is 33.7 Å². The highest BCUT2D eigenvalue weighted by atomic mass is 32.1. The van der Waals surface area contributed by atoms with Crippen molar-refractivity contribution in [1.29, 1.82) is 0 Å². The van der Waals surface area contributed by atoms with Crippen LogP contribution in [0.1, 0.15) is 25.0 Å². The van der Waals surface area contributed by atoms with Crippen molar-refractivity contribution in [3.63, 3.8) is 0 Å². The van der Waals surface area contributed by atoms with Crippen molar-refractivity contribution < 1.29 is 14.3 Å². The van der Waals surface area contributed by atoms with Gasteiger partial charge in [0, 0.05) is 24.1 Å². The van der Waals surface area contributed by atoms with Crippen molar-refractivity contribution in [3.05, 3.63) is 51.3 Å². The van der Waals surface area contributed by atoms with Gasteiger partial charge in [-0.3, -0.25) is 4.79 Å². The molecule has 0 unspecified atom stereocenters. The molecule has 9 nitrogen and oxygen atoms in total. The number of rotatable bonds is 7. The van der Waals surface area contributed by atoms with Gasteiger partial charge in [0.2, 0.25) is 5.91 Å². The van der Waals surface area contributed by atoms with E-state index in [4.69, 9.17) is 9.47 Å². The zero-order chi connectivity index (χ0) is 20.4. The second-order valence-electron chi connectivity index (χ2n) is 6.69. The van der Waals surface area contributed by atoms with Crippen LogP contribution in [-0.4, -0.2) is 38.4 Å². The van der Waals surface area contributed by atoms with Crippen LogP contribution in [0.25, 0.3) is 5.00 Å². The lowest BCUT2D eigenvalue weighted by molar-refractivity contribution is -0.122. The monoisotopic (exact) mass is 415 g/mol. The highest BCUT2D eigenvalue weighted by Gasteiger charge is 2.22. The van der Waals surface area contributed by atoms with E-state index >= 15 is 0 Å². The maximum absolute atomic E-state index is 12.4. The summed E-state index contributed by atoms with van der Waals surface area (Å²) in [5.74, 6) is 1.20. The van der Waals surface area contributed by atoms with Crippen molar-refractivity contribution in [3.8, 4) is 16.5 Å². The lowest BCUT2D eigenvalue weighted by Crippen LogP contribution is -2.33. The Kier molecular flexibility index (Phi) is 5.34. The summed E-state index contributed by atoms with van der Waals surface area (Å²) in [5.41, 5.74) is 1.47. The molecule has 3 heterocycles. The van der Waals surface area contributed by atoms with Gasteiger partial charge in [0.15, 0.2) is 0 Å². The Labute approximate surface area is 170 Å². The molecule has 10 heteroatoms. The van der Waals surface area contributed by atoms with Crippen LogP contribution in [0.5, 0.6) is 11.5 Å². The van der Waals surface area contributed by atoms with Crippen LogP contribution in [-0.2, 0) is 24.3 Å². The normalized spacial score (nSPS) is 15.0. The van der Waals surface area contributed by atoms with E-state index in [1.54, 1.807) is 6.07 Å². The predicted molar refractivity (Wildman–Crippen MR) is 107 cm³/mol. The van der Waals surface area contributed by atoms with E-state index in [-0.39, 0.29) is 25.1 Å². The number of thiophene rings is 1. The van der Waals surface area contributed by atoms with Crippen molar-refractivity contribution in [2.75, 3.05) is 6.61 Å². The van der Waals surface area contributed by atoms with Crippen molar-refractivity contribution >= 4 is 17.2 Å². The number of ether oxygens (including phenoxy) is 2. The summed E-state index contributed by atoms with van der Waals surface area (Å²) < 4.78 is 13.7. The average Bonchev–Trinajstić information content (AvgIpc) is 3.41. The number of tetrazole rings is 1. The van der Waals surface area contributed by atoms with Gasteiger partial charge >= 0.3 is 5.69 Å². The minimum absolute atomic E-state index is 0.127. The minimum Gasteiger partial charge on any atom is -0.494 e. The smallest absolute Gasteiger partial charge is 0.369 e. The number of nitrogens with zero attached hydrogens (tertiary/aromatic N) is 4. The molecule has 0 radical (unpaired) electrons. The Morgan fingerprint density at radius 3 is 3.03 bits per heavy atom. The third-order valence-corrected chi connectivity index (χ3v) is 5.35. The lowest BCUT2D eigenvalue weighted by atomic mass is 10.1. The predicted octanol–water partition coefficient (Wildman–Crippen LogP) is 1.53. The maximum atomic E-state index is 12.4. The van der Waals surface area contributed by atoms with Crippen LogP contribution in [0.4, 0.5) is 0 Å². The molecule has 1 aliphatic heterocycles. The second-order valence-corrected chi connectivity index (χ2v) is 7.62. The van der Waals surface area contributed by atoms with Crippen LogP contribution >= 0.6 is 11.3 Å². The molecule has 4 rings (SSSR count). The minimum atomic E-state index is -0.461. The molecule has 2 aromatic heterocycles. The highest BCUT2D eigenvalue weighted by Crippen LogP contribution is 2.35. The van der Waals surface area contributed by atoms with Crippen LogP contribution in [0, 0.1) is 0 Å². The molecule has 1 atom stereocenters. The van der Waals surface area contributed by atoms with Gasteiger partial charge in [-0.25, -0.2) is 4.79 Å². The van der Waals surface area contributed by atoms with Crippen molar-refractivity contribution in [1.82, 2.24) is 25.1 Å². The van der Waals surface area contributed by atoms with Gasteiger partial charge in [0.05, 0.1) is 6.61 Å². The third-order valence-electron chi connectivity index (χ3n) is 4.50. The Morgan fingerprint density at radius 2 is 2.28 bits per heavy atom. The molecule has 0 spiro atoms. The number of aromatic nitrogens is 4. The molecule has 29 heavy (non-hydrogen) atoms. The summed E-state index contributed by atoms with van der Waals surface area (Å²) in [7, 11) is 0. The largest absolute Gasteiger partial charge is 0.494 e. The molecule has 0 saturated carbocycles. The van der Waals surface area contributed by atoms with E-state index in [9.17, 15) is 9.59 Å². The summed E-state index contributed by atoms with van der Waals surface area (Å²) >= 11 is 1.37. The molecule has 1 amide bonds. The quantitative estimate of drug-likeness (QED) is 0.628. The number of benzene rings is 1. The third kappa shape index (κ3) is 4.02. The number of hydrogen-bond acceptors (Lipinski definition) is 7. The fraction of sp³-hybridized carbons (Fsp3) is 0.368. The molecule has 1 aromatic carbocycles. The highest BCUT2D eigenvalue weighted by molar-refractivity contribution is 7.12. The second kappa shape index (κ2) is 8.08. The Balaban J connectivity index is 1.44. The van der Waals surface area contributed by atoms with Crippen LogP contribution in [0.2, 0.25) is 0 Å². The molecule has 1 N–H and O–H groups in total. The van der Waals surface area contributed by atoms with Gasteiger partial charge in [0.25, 0.3) is 0 Å². The van der Waals surface area contributed by atoms with E-state index in [2.05, 4.69) is 15.7 Å². The molecule has 0 aliphatic carbocycles. The van der Waals surface area contributed by atoms with E-state index in [0.29, 0.717) is 11.6 Å². The van der Waals surface area contributed by atoms with Gasteiger partial charge in [-0.2, -0.15) is 9.36 Å². The van der Waals surface area contributed by atoms with Crippen LogP contribution < -0.4 is 20.5 Å². The molecule has 3 aromatic rings. The van der Waals surface area contributed by atoms with Gasteiger partial charge in [-0.15, -0.1) is 11.3 Å². The molecule has 0 fully saturated rings. The summed E-state index contributed by atoms with van der Waals surface area (Å²) in [5, 5.41) is 12.9. The first-order chi connectivity index (χ1) is 14.0. The molecule has 1 aliphatic rings. The summed E-state index contributed by atoms with van der Waals surface area (Å²) in [6, 6.07) is 7.46. The van der Waals surface area contributed by atoms with Gasteiger partial charge in [0.1, 0.15) is 29.1 Å². The van der Waals surface area contributed by atoms with Gasteiger partial charge in [-0.05, 0) is 53.9 Å². The Bertz CT molecular complexity index is 1070. The van der Waals surface area contributed by atoms with E-state index in [1.807, 2.05) is 37.4 Å². The molecule has 152 valence electrons. The number of hydrogen-bond donors (Lipinski definition) is 1. The SMILES string of the molecule is CCOc1cc2c(cc1CNC(=O)Cn1nnn(-c3cccs3)c1=O)O[C@@H](C)C2. The molecule has 0 saturated heterocycles. The number of amides is 1. The molecular formula is C19H21N5O4S. The summed E-state index contributed by atoms with van der Waals surface area (Å²) in [6.07, 6.45) is 0.965. The topological polar surface area (TPSA) is 100 Å².